The Hall–Kier alpha value is -0.860. The Bertz CT molecular complexity index is 231. The van der Waals surface area contributed by atoms with Crippen molar-refractivity contribution in [1.29, 1.82) is 0 Å². The lowest BCUT2D eigenvalue weighted by Gasteiger charge is -2.00. The van der Waals surface area contributed by atoms with E-state index in [0.717, 1.165) is 5.92 Å². The Morgan fingerprint density at radius 3 is 2.73 bits per heavy atom. The van der Waals surface area contributed by atoms with Crippen molar-refractivity contribution in [1.82, 2.24) is 15.0 Å². The molecule has 1 aromatic heterocycles. The summed E-state index contributed by atoms with van der Waals surface area (Å²) in [7, 11) is 0. The van der Waals surface area contributed by atoms with Gasteiger partial charge in [-0.15, -0.1) is 5.10 Å². The standard InChI is InChI=1S/C8H13N3/c1-6(2)11-5-8(9-10-11)7-3-4-7/h5-7H,3-4H2,1-2H3. The molecule has 0 unspecified atom stereocenters. The molecule has 1 heterocycles. The maximum Gasteiger partial charge on any atom is 0.0858 e. The molecule has 0 aromatic carbocycles. The predicted octanol–water partition coefficient (Wildman–Crippen LogP) is 1.74. The molecule has 1 fully saturated rings. The second-order valence-electron chi connectivity index (χ2n) is 3.49. The van der Waals surface area contributed by atoms with E-state index in [1.165, 1.54) is 18.5 Å². The third kappa shape index (κ3) is 1.27. The molecular formula is C8H13N3. The smallest absolute Gasteiger partial charge is 0.0858 e. The van der Waals surface area contributed by atoms with Gasteiger partial charge in [0, 0.05) is 18.2 Å². The minimum atomic E-state index is 0.440. The van der Waals surface area contributed by atoms with Crippen LogP contribution in [0.3, 0.4) is 0 Å². The molecule has 0 radical (unpaired) electrons. The number of rotatable bonds is 2. The third-order valence-electron chi connectivity index (χ3n) is 2.05. The first-order valence-corrected chi connectivity index (χ1v) is 4.19. The second kappa shape index (κ2) is 2.32. The highest BCUT2D eigenvalue weighted by molar-refractivity contribution is 5.09. The van der Waals surface area contributed by atoms with Gasteiger partial charge in [0.1, 0.15) is 0 Å². The van der Waals surface area contributed by atoms with Gasteiger partial charge in [0.2, 0.25) is 0 Å². The van der Waals surface area contributed by atoms with Gasteiger partial charge in [-0.2, -0.15) is 0 Å². The fraction of sp³-hybridized carbons (Fsp3) is 0.750. The fourth-order valence-corrected chi connectivity index (χ4v) is 1.11. The van der Waals surface area contributed by atoms with E-state index in [-0.39, 0.29) is 0 Å². The monoisotopic (exact) mass is 151 g/mol. The van der Waals surface area contributed by atoms with Crippen LogP contribution in [0.4, 0.5) is 0 Å². The van der Waals surface area contributed by atoms with E-state index in [1.807, 2.05) is 4.68 Å². The van der Waals surface area contributed by atoms with Crippen LogP contribution in [0, 0.1) is 0 Å². The van der Waals surface area contributed by atoms with Crippen LogP contribution in [0.1, 0.15) is 44.3 Å². The van der Waals surface area contributed by atoms with Crippen molar-refractivity contribution in [2.45, 2.75) is 38.6 Å². The van der Waals surface area contributed by atoms with Crippen molar-refractivity contribution in [3.05, 3.63) is 11.9 Å². The summed E-state index contributed by atoms with van der Waals surface area (Å²) in [5.74, 6) is 0.725. The molecule has 0 N–H and O–H groups in total. The van der Waals surface area contributed by atoms with Crippen LogP contribution in [-0.2, 0) is 0 Å². The SMILES string of the molecule is CC(C)n1cc(C2CC2)nn1. The highest BCUT2D eigenvalue weighted by Crippen LogP contribution is 2.38. The Morgan fingerprint density at radius 1 is 1.55 bits per heavy atom. The van der Waals surface area contributed by atoms with Crippen molar-refractivity contribution in [2.24, 2.45) is 0 Å². The summed E-state index contributed by atoms with van der Waals surface area (Å²) in [6, 6.07) is 0.440. The first-order chi connectivity index (χ1) is 5.27. The molecule has 3 nitrogen and oxygen atoms in total. The highest BCUT2D eigenvalue weighted by Gasteiger charge is 2.26. The zero-order chi connectivity index (χ0) is 7.84. The van der Waals surface area contributed by atoms with Gasteiger partial charge in [-0.25, -0.2) is 4.68 Å². The van der Waals surface area contributed by atoms with Crippen molar-refractivity contribution in [3.8, 4) is 0 Å². The van der Waals surface area contributed by atoms with Gasteiger partial charge in [0.25, 0.3) is 0 Å². The summed E-state index contributed by atoms with van der Waals surface area (Å²) in [5, 5.41) is 8.16. The highest BCUT2D eigenvalue weighted by atomic mass is 15.4. The molecule has 60 valence electrons. The summed E-state index contributed by atoms with van der Waals surface area (Å²) in [6.45, 7) is 4.23. The van der Waals surface area contributed by atoms with E-state index in [9.17, 15) is 0 Å². The number of hydrogen-bond acceptors (Lipinski definition) is 2. The molecule has 3 heteroatoms. The fourth-order valence-electron chi connectivity index (χ4n) is 1.11. The molecule has 0 spiro atoms. The quantitative estimate of drug-likeness (QED) is 0.644. The van der Waals surface area contributed by atoms with E-state index in [2.05, 4.69) is 30.4 Å². The van der Waals surface area contributed by atoms with Crippen LogP contribution in [0.2, 0.25) is 0 Å². The maximum absolute atomic E-state index is 4.11. The minimum Gasteiger partial charge on any atom is -0.250 e. The molecule has 0 aliphatic heterocycles. The molecule has 0 amide bonds. The van der Waals surface area contributed by atoms with Crippen LogP contribution in [0.5, 0.6) is 0 Å². The van der Waals surface area contributed by atoms with E-state index >= 15 is 0 Å². The zero-order valence-electron chi connectivity index (χ0n) is 6.99. The van der Waals surface area contributed by atoms with Crippen molar-refractivity contribution in [3.63, 3.8) is 0 Å². The number of aromatic nitrogens is 3. The van der Waals surface area contributed by atoms with Crippen LogP contribution in [-0.4, -0.2) is 15.0 Å². The average Bonchev–Trinajstić information content (AvgIpc) is 2.68. The van der Waals surface area contributed by atoms with Gasteiger partial charge in [0.15, 0.2) is 0 Å². The summed E-state index contributed by atoms with van der Waals surface area (Å²) in [5.41, 5.74) is 1.18. The predicted molar refractivity (Wildman–Crippen MR) is 42.4 cm³/mol. The van der Waals surface area contributed by atoms with E-state index in [4.69, 9.17) is 0 Å². The van der Waals surface area contributed by atoms with Gasteiger partial charge in [-0.1, -0.05) is 5.21 Å². The van der Waals surface area contributed by atoms with Gasteiger partial charge in [0.05, 0.1) is 5.69 Å². The lowest BCUT2D eigenvalue weighted by Crippen LogP contribution is -2.00. The Labute approximate surface area is 66.4 Å². The normalized spacial score (nSPS) is 17.7. The van der Waals surface area contributed by atoms with Gasteiger partial charge in [-0.05, 0) is 26.7 Å². The van der Waals surface area contributed by atoms with Crippen LogP contribution >= 0.6 is 0 Å². The van der Waals surface area contributed by atoms with Crippen LogP contribution in [0.25, 0.3) is 0 Å². The van der Waals surface area contributed by atoms with Gasteiger partial charge >= 0.3 is 0 Å². The zero-order valence-corrected chi connectivity index (χ0v) is 6.99. The molecular weight excluding hydrogens is 138 g/mol. The average molecular weight is 151 g/mol. The molecule has 11 heavy (non-hydrogen) atoms. The lowest BCUT2D eigenvalue weighted by molar-refractivity contribution is 0.514. The van der Waals surface area contributed by atoms with E-state index < -0.39 is 0 Å². The largest absolute Gasteiger partial charge is 0.250 e. The molecule has 0 bridgehead atoms. The molecule has 0 saturated heterocycles. The molecule has 2 rings (SSSR count). The van der Waals surface area contributed by atoms with Crippen LogP contribution in [0.15, 0.2) is 6.20 Å². The Morgan fingerprint density at radius 2 is 2.27 bits per heavy atom. The Balaban J connectivity index is 2.18. The van der Waals surface area contributed by atoms with Crippen molar-refractivity contribution < 1.29 is 0 Å². The summed E-state index contributed by atoms with van der Waals surface area (Å²) >= 11 is 0. The van der Waals surface area contributed by atoms with Crippen molar-refractivity contribution in [2.75, 3.05) is 0 Å². The minimum absolute atomic E-state index is 0.440. The second-order valence-corrected chi connectivity index (χ2v) is 3.49. The summed E-state index contributed by atoms with van der Waals surface area (Å²) in [4.78, 5) is 0. The molecule has 1 aromatic rings. The molecule has 1 saturated carbocycles. The van der Waals surface area contributed by atoms with E-state index in [1.54, 1.807) is 0 Å². The molecule has 1 aliphatic carbocycles. The summed E-state index contributed by atoms with van der Waals surface area (Å²) < 4.78 is 1.92. The topological polar surface area (TPSA) is 30.7 Å². The maximum atomic E-state index is 4.11. The molecule has 1 aliphatic rings. The summed E-state index contributed by atoms with van der Waals surface area (Å²) in [6.07, 6.45) is 4.68. The van der Waals surface area contributed by atoms with Crippen LogP contribution < -0.4 is 0 Å². The first-order valence-electron chi connectivity index (χ1n) is 4.19. The Kier molecular flexibility index (Phi) is 1.44. The third-order valence-corrected chi connectivity index (χ3v) is 2.05. The van der Waals surface area contributed by atoms with Gasteiger partial charge < -0.3 is 0 Å². The first kappa shape index (κ1) is 6.83. The van der Waals surface area contributed by atoms with Gasteiger partial charge in [-0.3, -0.25) is 0 Å². The lowest BCUT2D eigenvalue weighted by atomic mass is 10.3. The van der Waals surface area contributed by atoms with Crippen molar-refractivity contribution >= 4 is 0 Å². The number of nitrogens with zero attached hydrogens (tertiary/aromatic N) is 3. The number of hydrogen-bond donors (Lipinski definition) is 0. The molecule has 0 atom stereocenters. The van der Waals surface area contributed by atoms with E-state index in [0.29, 0.717) is 6.04 Å².